The number of carbonyl (C=O) groups is 2. The van der Waals surface area contributed by atoms with Crippen LogP contribution in [0.4, 0.5) is 5.69 Å². The van der Waals surface area contributed by atoms with Gasteiger partial charge in [0.25, 0.3) is 5.91 Å². The highest BCUT2D eigenvalue weighted by Gasteiger charge is 2.31. The van der Waals surface area contributed by atoms with Gasteiger partial charge in [-0.25, -0.2) is 0 Å². The lowest BCUT2D eigenvalue weighted by Gasteiger charge is -2.19. The van der Waals surface area contributed by atoms with Crippen molar-refractivity contribution in [2.75, 3.05) is 31.6 Å². The molecule has 2 rings (SSSR count). The van der Waals surface area contributed by atoms with Crippen molar-refractivity contribution >= 4 is 17.6 Å². The Bertz CT molecular complexity index is 472. The number of esters is 1. The highest BCUT2D eigenvalue weighted by molar-refractivity contribution is 5.81. The Labute approximate surface area is 125 Å². The summed E-state index contributed by atoms with van der Waals surface area (Å²) >= 11 is 0. The van der Waals surface area contributed by atoms with E-state index in [1.54, 1.807) is 0 Å². The second-order valence-corrected chi connectivity index (χ2v) is 5.34. The second-order valence-electron chi connectivity index (χ2n) is 5.34. The Kier molecular flexibility index (Phi) is 5.60. The third-order valence-corrected chi connectivity index (χ3v) is 3.45. The zero-order chi connectivity index (χ0) is 15.1. The molecule has 1 aliphatic carbocycles. The number of hydrogen-bond donors (Lipinski definition) is 1. The normalized spacial score (nSPS) is 13.6. The van der Waals surface area contributed by atoms with E-state index >= 15 is 0 Å². The molecule has 0 radical (unpaired) electrons. The van der Waals surface area contributed by atoms with Crippen molar-refractivity contribution in [3.63, 3.8) is 0 Å². The molecule has 1 aromatic rings. The molecule has 0 aromatic heterocycles. The number of rotatable bonds is 8. The summed E-state index contributed by atoms with van der Waals surface area (Å²) in [5, 5.41) is 2.76. The van der Waals surface area contributed by atoms with Gasteiger partial charge in [0.2, 0.25) is 0 Å². The first-order valence-electron chi connectivity index (χ1n) is 7.36. The first kappa shape index (κ1) is 15.4. The van der Waals surface area contributed by atoms with Crippen molar-refractivity contribution in [3.05, 3.63) is 30.3 Å². The molecule has 1 N–H and O–H groups in total. The average molecular weight is 290 g/mol. The van der Waals surface area contributed by atoms with Crippen molar-refractivity contribution < 1.29 is 14.3 Å². The van der Waals surface area contributed by atoms with Gasteiger partial charge in [0.05, 0.1) is 5.92 Å². The van der Waals surface area contributed by atoms with E-state index in [1.165, 1.54) is 0 Å². The highest BCUT2D eigenvalue weighted by atomic mass is 16.5. The lowest BCUT2D eigenvalue weighted by atomic mass is 10.3. The predicted molar refractivity (Wildman–Crippen MR) is 81.0 cm³/mol. The van der Waals surface area contributed by atoms with Crippen LogP contribution in [0.2, 0.25) is 0 Å². The lowest BCUT2D eigenvalue weighted by Crippen LogP contribution is -2.31. The van der Waals surface area contributed by atoms with Crippen LogP contribution >= 0.6 is 0 Å². The summed E-state index contributed by atoms with van der Waals surface area (Å²) in [4.78, 5) is 24.9. The zero-order valence-corrected chi connectivity index (χ0v) is 12.4. The van der Waals surface area contributed by atoms with E-state index in [4.69, 9.17) is 4.74 Å². The Morgan fingerprint density at radius 2 is 2.00 bits per heavy atom. The molecule has 0 saturated heterocycles. The van der Waals surface area contributed by atoms with Gasteiger partial charge in [-0.3, -0.25) is 9.59 Å². The number of ether oxygens (including phenoxy) is 1. The Balaban J connectivity index is 1.54. The molecule has 1 amide bonds. The van der Waals surface area contributed by atoms with E-state index in [1.807, 2.05) is 25.2 Å². The fraction of sp³-hybridized carbons (Fsp3) is 0.500. The first-order chi connectivity index (χ1) is 10.2. The van der Waals surface area contributed by atoms with Crippen molar-refractivity contribution in [2.45, 2.75) is 19.3 Å². The van der Waals surface area contributed by atoms with E-state index in [9.17, 15) is 9.59 Å². The minimum absolute atomic E-state index is 0.0392. The summed E-state index contributed by atoms with van der Waals surface area (Å²) in [5.41, 5.74) is 1.15. The van der Waals surface area contributed by atoms with Crippen molar-refractivity contribution in [1.29, 1.82) is 0 Å². The summed E-state index contributed by atoms with van der Waals surface area (Å²) in [5.74, 6) is -0.433. The average Bonchev–Trinajstić information content (AvgIpc) is 3.34. The van der Waals surface area contributed by atoms with Crippen LogP contribution in [0, 0.1) is 5.92 Å². The molecule has 0 bridgehead atoms. The summed E-state index contributed by atoms with van der Waals surface area (Å²) < 4.78 is 4.91. The van der Waals surface area contributed by atoms with Crippen LogP contribution in [-0.4, -0.2) is 38.6 Å². The van der Waals surface area contributed by atoms with Crippen molar-refractivity contribution in [3.8, 4) is 0 Å². The molecule has 0 heterocycles. The molecule has 21 heavy (non-hydrogen) atoms. The molecule has 114 valence electrons. The van der Waals surface area contributed by atoms with E-state index in [0.717, 1.165) is 31.5 Å². The topological polar surface area (TPSA) is 58.6 Å². The number of nitrogens with one attached hydrogen (secondary N) is 1. The lowest BCUT2D eigenvalue weighted by molar-refractivity contribution is -0.149. The maximum atomic E-state index is 11.5. The molecule has 1 aromatic carbocycles. The number of carbonyl (C=O) groups excluding carboxylic acids is 2. The van der Waals surface area contributed by atoms with E-state index in [0.29, 0.717) is 6.54 Å². The summed E-state index contributed by atoms with van der Waals surface area (Å²) in [6.45, 7) is 1.27. The molecule has 0 unspecified atom stereocenters. The first-order valence-corrected chi connectivity index (χ1v) is 7.36. The number of benzene rings is 1. The fourth-order valence-corrected chi connectivity index (χ4v) is 1.98. The van der Waals surface area contributed by atoms with Gasteiger partial charge in [0.1, 0.15) is 0 Å². The molecular weight excluding hydrogens is 268 g/mol. The van der Waals surface area contributed by atoms with E-state index in [-0.39, 0.29) is 24.4 Å². The number of amides is 1. The van der Waals surface area contributed by atoms with Crippen LogP contribution < -0.4 is 10.2 Å². The fourth-order valence-electron chi connectivity index (χ4n) is 1.98. The number of hydrogen-bond acceptors (Lipinski definition) is 4. The van der Waals surface area contributed by atoms with Crippen LogP contribution in [0.25, 0.3) is 0 Å². The molecular formula is C16H22N2O3. The van der Waals surface area contributed by atoms with Gasteiger partial charge in [-0.15, -0.1) is 0 Å². The standard InChI is InChI=1S/C16H22N2O3/c1-18(14-6-3-2-4-7-14)11-5-10-17-15(19)12-21-16(20)13-8-9-13/h2-4,6-7,13H,5,8-12H2,1H3,(H,17,19). The molecule has 0 spiro atoms. The highest BCUT2D eigenvalue weighted by Crippen LogP contribution is 2.29. The molecule has 1 aliphatic rings. The van der Waals surface area contributed by atoms with Crippen LogP contribution in [0.3, 0.4) is 0 Å². The summed E-state index contributed by atoms with van der Waals surface area (Å²) in [7, 11) is 2.02. The molecule has 0 aliphatic heterocycles. The quantitative estimate of drug-likeness (QED) is 0.583. The number of para-hydroxylation sites is 1. The molecule has 1 saturated carbocycles. The van der Waals surface area contributed by atoms with Crippen LogP contribution in [-0.2, 0) is 14.3 Å². The Morgan fingerprint density at radius 1 is 1.29 bits per heavy atom. The molecule has 5 heteroatoms. The van der Waals surface area contributed by atoms with Gasteiger partial charge in [-0.2, -0.15) is 0 Å². The van der Waals surface area contributed by atoms with E-state index < -0.39 is 0 Å². The van der Waals surface area contributed by atoms with E-state index in [2.05, 4.69) is 22.3 Å². The smallest absolute Gasteiger partial charge is 0.309 e. The summed E-state index contributed by atoms with van der Waals surface area (Å²) in [6.07, 6.45) is 2.63. The predicted octanol–water partition coefficient (Wildman–Crippen LogP) is 1.58. The second kappa shape index (κ2) is 7.67. The maximum absolute atomic E-state index is 11.5. The maximum Gasteiger partial charge on any atom is 0.309 e. The Morgan fingerprint density at radius 3 is 2.67 bits per heavy atom. The third-order valence-electron chi connectivity index (χ3n) is 3.45. The minimum atomic E-state index is -0.242. The molecule has 0 atom stereocenters. The third kappa shape index (κ3) is 5.45. The van der Waals surface area contributed by atoms with Crippen LogP contribution in [0.1, 0.15) is 19.3 Å². The zero-order valence-electron chi connectivity index (χ0n) is 12.4. The number of anilines is 1. The van der Waals surface area contributed by atoms with Gasteiger partial charge in [0, 0.05) is 25.8 Å². The van der Waals surface area contributed by atoms with Gasteiger partial charge >= 0.3 is 5.97 Å². The van der Waals surface area contributed by atoms with Gasteiger partial charge in [-0.05, 0) is 31.4 Å². The van der Waals surface area contributed by atoms with Gasteiger partial charge in [0.15, 0.2) is 6.61 Å². The largest absolute Gasteiger partial charge is 0.455 e. The van der Waals surface area contributed by atoms with Crippen LogP contribution in [0.5, 0.6) is 0 Å². The minimum Gasteiger partial charge on any atom is -0.455 e. The van der Waals surface area contributed by atoms with Gasteiger partial charge < -0.3 is 15.0 Å². The molecule has 5 nitrogen and oxygen atoms in total. The SMILES string of the molecule is CN(CCCNC(=O)COC(=O)C1CC1)c1ccccc1. The molecule has 1 fully saturated rings. The Hall–Kier alpha value is -2.04. The van der Waals surface area contributed by atoms with Crippen molar-refractivity contribution in [2.24, 2.45) is 5.92 Å². The van der Waals surface area contributed by atoms with Crippen LogP contribution in [0.15, 0.2) is 30.3 Å². The number of nitrogens with zero attached hydrogens (tertiary/aromatic N) is 1. The van der Waals surface area contributed by atoms with Crippen molar-refractivity contribution in [1.82, 2.24) is 5.32 Å². The monoisotopic (exact) mass is 290 g/mol. The van der Waals surface area contributed by atoms with Gasteiger partial charge in [-0.1, -0.05) is 18.2 Å². The summed E-state index contributed by atoms with van der Waals surface area (Å²) in [6, 6.07) is 10.1.